The van der Waals surface area contributed by atoms with Crippen LogP contribution in [0.25, 0.3) is 11.3 Å². The minimum absolute atomic E-state index is 0.0106. The van der Waals surface area contributed by atoms with E-state index < -0.39 is 4.92 Å². The Bertz CT molecular complexity index is 1110. The van der Waals surface area contributed by atoms with E-state index in [2.05, 4.69) is 31.3 Å². The third kappa shape index (κ3) is 4.93. The zero-order valence-electron chi connectivity index (χ0n) is 16.7. The standard InChI is InChI=1S/C22H20ClN3O4/c1-22(2,3)15-6-4-14(5-7-15)21(27)25-24-13-17-9-11-20(30-17)18-10-8-16(26(28)29)12-19(18)23/h4-13H,1-3H3,(H,25,27)/b24-13-. The summed E-state index contributed by atoms with van der Waals surface area (Å²) in [6.45, 7) is 6.32. The fourth-order valence-corrected chi connectivity index (χ4v) is 2.99. The molecule has 8 heteroatoms. The molecular weight excluding hydrogens is 406 g/mol. The second-order valence-corrected chi connectivity index (χ2v) is 8.06. The van der Waals surface area contributed by atoms with Crippen LogP contribution >= 0.6 is 11.6 Å². The predicted molar refractivity (Wildman–Crippen MR) is 116 cm³/mol. The summed E-state index contributed by atoms with van der Waals surface area (Å²) in [4.78, 5) is 22.5. The molecule has 0 saturated heterocycles. The third-order valence-corrected chi connectivity index (χ3v) is 4.74. The molecule has 7 nitrogen and oxygen atoms in total. The third-order valence-electron chi connectivity index (χ3n) is 4.43. The van der Waals surface area contributed by atoms with E-state index in [0.29, 0.717) is 22.6 Å². The summed E-state index contributed by atoms with van der Waals surface area (Å²) in [6, 6.07) is 14.8. The number of non-ortho nitro benzene ring substituents is 1. The van der Waals surface area contributed by atoms with Crippen molar-refractivity contribution in [2.75, 3.05) is 0 Å². The molecule has 1 N–H and O–H groups in total. The van der Waals surface area contributed by atoms with Crippen LogP contribution in [0.5, 0.6) is 0 Å². The highest BCUT2D eigenvalue weighted by atomic mass is 35.5. The Labute approximate surface area is 178 Å². The Morgan fingerprint density at radius 3 is 2.43 bits per heavy atom. The van der Waals surface area contributed by atoms with Gasteiger partial charge in [0.15, 0.2) is 0 Å². The Morgan fingerprint density at radius 2 is 1.83 bits per heavy atom. The number of carbonyl (C=O) groups excluding carboxylic acids is 1. The maximum Gasteiger partial charge on any atom is 0.271 e. The first kappa shape index (κ1) is 21.3. The molecule has 3 rings (SSSR count). The molecule has 0 fully saturated rings. The number of nitro groups is 1. The van der Waals surface area contributed by atoms with Crippen molar-refractivity contribution in [3.63, 3.8) is 0 Å². The molecule has 0 aliphatic carbocycles. The molecule has 2 aromatic carbocycles. The average Bonchev–Trinajstić information content (AvgIpc) is 3.15. The zero-order chi connectivity index (χ0) is 21.9. The van der Waals surface area contributed by atoms with Crippen LogP contribution in [0.2, 0.25) is 5.02 Å². The van der Waals surface area contributed by atoms with Crippen LogP contribution in [0.4, 0.5) is 5.69 Å². The van der Waals surface area contributed by atoms with Crippen molar-refractivity contribution in [1.82, 2.24) is 5.43 Å². The van der Waals surface area contributed by atoms with Gasteiger partial charge >= 0.3 is 0 Å². The van der Waals surface area contributed by atoms with E-state index in [4.69, 9.17) is 16.0 Å². The van der Waals surface area contributed by atoms with Crippen LogP contribution in [0, 0.1) is 10.1 Å². The quantitative estimate of drug-likeness (QED) is 0.328. The number of benzene rings is 2. The largest absolute Gasteiger partial charge is 0.455 e. The summed E-state index contributed by atoms with van der Waals surface area (Å²) in [5.74, 6) is 0.486. The van der Waals surface area contributed by atoms with Crippen molar-refractivity contribution in [1.29, 1.82) is 0 Å². The molecule has 1 aromatic heterocycles. The monoisotopic (exact) mass is 425 g/mol. The summed E-state index contributed by atoms with van der Waals surface area (Å²) >= 11 is 6.12. The molecule has 30 heavy (non-hydrogen) atoms. The number of hydrazone groups is 1. The number of nitro benzene ring substituents is 1. The molecule has 0 bridgehead atoms. The van der Waals surface area contributed by atoms with Gasteiger partial charge in [-0.2, -0.15) is 5.10 Å². The number of amides is 1. The molecule has 0 aliphatic rings. The first-order chi connectivity index (χ1) is 14.1. The lowest BCUT2D eigenvalue weighted by atomic mass is 9.87. The molecule has 0 radical (unpaired) electrons. The van der Waals surface area contributed by atoms with E-state index in [9.17, 15) is 14.9 Å². The lowest BCUT2D eigenvalue weighted by Crippen LogP contribution is -2.18. The van der Waals surface area contributed by atoms with Crippen molar-refractivity contribution >= 4 is 29.4 Å². The van der Waals surface area contributed by atoms with Gasteiger partial charge in [-0.3, -0.25) is 14.9 Å². The van der Waals surface area contributed by atoms with Gasteiger partial charge in [0.2, 0.25) is 0 Å². The first-order valence-electron chi connectivity index (χ1n) is 9.13. The highest BCUT2D eigenvalue weighted by Crippen LogP contribution is 2.32. The number of hydrogen-bond donors (Lipinski definition) is 1. The first-order valence-corrected chi connectivity index (χ1v) is 9.51. The fraction of sp³-hybridized carbons (Fsp3) is 0.182. The summed E-state index contributed by atoms with van der Waals surface area (Å²) < 4.78 is 5.64. The van der Waals surface area contributed by atoms with Crippen LogP contribution in [-0.4, -0.2) is 17.0 Å². The second kappa shape index (κ2) is 8.51. The van der Waals surface area contributed by atoms with Gasteiger partial charge in [-0.15, -0.1) is 0 Å². The Morgan fingerprint density at radius 1 is 1.13 bits per heavy atom. The molecule has 154 valence electrons. The SMILES string of the molecule is CC(C)(C)c1ccc(C(=O)N/N=C\c2ccc(-c3ccc([N+](=O)[O-])cc3Cl)o2)cc1. The van der Waals surface area contributed by atoms with Gasteiger partial charge in [-0.25, -0.2) is 5.43 Å². The van der Waals surface area contributed by atoms with Gasteiger partial charge < -0.3 is 4.42 Å². The van der Waals surface area contributed by atoms with Gasteiger partial charge in [-0.05, 0) is 41.3 Å². The summed E-state index contributed by atoms with van der Waals surface area (Å²) in [6.07, 6.45) is 1.37. The Hall–Kier alpha value is -3.45. The number of carbonyl (C=O) groups is 1. The number of furan rings is 1. The summed E-state index contributed by atoms with van der Waals surface area (Å²) in [5.41, 5.74) is 4.52. The number of halogens is 1. The maximum atomic E-state index is 12.2. The normalized spacial score (nSPS) is 11.6. The molecule has 1 amide bonds. The van der Waals surface area contributed by atoms with E-state index in [-0.39, 0.29) is 22.0 Å². The number of nitrogens with one attached hydrogen (secondary N) is 1. The zero-order valence-corrected chi connectivity index (χ0v) is 17.4. The number of rotatable bonds is 5. The summed E-state index contributed by atoms with van der Waals surface area (Å²) in [7, 11) is 0. The van der Waals surface area contributed by atoms with Gasteiger partial charge in [0.25, 0.3) is 11.6 Å². The van der Waals surface area contributed by atoms with Crippen LogP contribution in [-0.2, 0) is 5.41 Å². The van der Waals surface area contributed by atoms with Crippen molar-refractivity contribution < 1.29 is 14.1 Å². The van der Waals surface area contributed by atoms with Gasteiger partial charge in [0.1, 0.15) is 11.5 Å². The van der Waals surface area contributed by atoms with E-state index in [1.165, 1.54) is 24.4 Å². The maximum absolute atomic E-state index is 12.2. The smallest absolute Gasteiger partial charge is 0.271 e. The molecule has 1 heterocycles. The van der Waals surface area contributed by atoms with E-state index in [0.717, 1.165) is 5.56 Å². The molecule has 0 spiro atoms. The predicted octanol–water partition coefficient (Wildman–Crippen LogP) is 5.57. The van der Waals surface area contributed by atoms with Gasteiger partial charge in [0.05, 0.1) is 16.2 Å². The fourth-order valence-electron chi connectivity index (χ4n) is 2.73. The topological polar surface area (TPSA) is 97.7 Å². The minimum atomic E-state index is -0.519. The van der Waals surface area contributed by atoms with Crippen molar-refractivity contribution in [3.8, 4) is 11.3 Å². The number of nitrogens with zero attached hydrogens (tertiary/aromatic N) is 2. The highest BCUT2D eigenvalue weighted by Gasteiger charge is 2.15. The number of hydrogen-bond acceptors (Lipinski definition) is 5. The van der Waals surface area contributed by atoms with Crippen LogP contribution < -0.4 is 5.43 Å². The molecular formula is C22H20ClN3O4. The van der Waals surface area contributed by atoms with Crippen molar-refractivity contribution in [2.45, 2.75) is 26.2 Å². The van der Waals surface area contributed by atoms with Crippen LogP contribution in [0.1, 0.15) is 42.5 Å². The molecule has 0 unspecified atom stereocenters. The Balaban J connectivity index is 1.66. The van der Waals surface area contributed by atoms with E-state index in [1.807, 2.05) is 12.1 Å². The Kier molecular flexibility index (Phi) is 6.03. The lowest BCUT2D eigenvalue weighted by Gasteiger charge is -2.18. The molecule has 0 atom stereocenters. The molecule has 3 aromatic rings. The molecule has 0 saturated carbocycles. The summed E-state index contributed by atoms with van der Waals surface area (Å²) in [5, 5.41) is 14.9. The van der Waals surface area contributed by atoms with Crippen LogP contribution in [0.3, 0.4) is 0 Å². The highest BCUT2D eigenvalue weighted by molar-refractivity contribution is 6.33. The lowest BCUT2D eigenvalue weighted by molar-refractivity contribution is -0.384. The van der Waals surface area contributed by atoms with Crippen molar-refractivity contribution in [3.05, 3.63) is 86.6 Å². The van der Waals surface area contributed by atoms with E-state index >= 15 is 0 Å². The van der Waals surface area contributed by atoms with Gasteiger partial charge in [-0.1, -0.05) is 44.5 Å². The van der Waals surface area contributed by atoms with E-state index in [1.54, 1.807) is 24.3 Å². The minimum Gasteiger partial charge on any atom is -0.455 e. The van der Waals surface area contributed by atoms with Crippen molar-refractivity contribution in [2.24, 2.45) is 5.10 Å². The average molecular weight is 426 g/mol. The van der Waals surface area contributed by atoms with Crippen LogP contribution in [0.15, 0.2) is 64.1 Å². The molecule has 0 aliphatic heterocycles. The van der Waals surface area contributed by atoms with Gasteiger partial charge in [0, 0.05) is 23.3 Å². The second-order valence-electron chi connectivity index (χ2n) is 7.65.